The molecule has 1 saturated heterocycles. The Hall–Kier alpha value is -2.56. The highest BCUT2D eigenvalue weighted by atomic mass is 16.5. The molecule has 2 aliphatic rings. The van der Waals surface area contributed by atoms with E-state index in [1.165, 1.54) is 0 Å². The van der Waals surface area contributed by atoms with Gasteiger partial charge in [0.25, 0.3) is 5.91 Å². The molecule has 0 radical (unpaired) electrons. The summed E-state index contributed by atoms with van der Waals surface area (Å²) in [5, 5.41) is 0. The van der Waals surface area contributed by atoms with Gasteiger partial charge in [-0.2, -0.15) is 0 Å². The van der Waals surface area contributed by atoms with E-state index in [2.05, 4.69) is 0 Å². The number of nitrogens with zero attached hydrogens (tertiary/aromatic N) is 1. The van der Waals surface area contributed by atoms with Crippen LogP contribution in [0.25, 0.3) is 0 Å². The predicted octanol–water partition coefficient (Wildman–Crippen LogP) is 3.85. The molecule has 1 spiro atoms. The molecule has 1 aromatic carbocycles. The highest BCUT2D eigenvalue weighted by molar-refractivity contribution is 6.02. The van der Waals surface area contributed by atoms with Crippen molar-refractivity contribution in [1.29, 1.82) is 0 Å². The number of rotatable bonds is 1. The summed E-state index contributed by atoms with van der Waals surface area (Å²) in [6, 6.07) is 7.47. The van der Waals surface area contributed by atoms with Gasteiger partial charge in [-0.15, -0.1) is 0 Å². The molecule has 0 bridgehead atoms. The number of aryl methyl sites for hydroxylation is 3. The fraction of sp³-hybridized carbons (Fsp3) is 0.429. The van der Waals surface area contributed by atoms with E-state index in [-0.39, 0.29) is 11.7 Å². The summed E-state index contributed by atoms with van der Waals surface area (Å²) in [5.74, 6) is 1.84. The van der Waals surface area contributed by atoms with Crippen molar-refractivity contribution in [3.63, 3.8) is 0 Å². The van der Waals surface area contributed by atoms with Crippen LogP contribution in [-0.2, 0) is 0 Å². The molecule has 3 heterocycles. The molecule has 0 N–H and O–H groups in total. The van der Waals surface area contributed by atoms with Crippen molar-refractivity contribution in [1.82, 2.24) is 4.90 Å². The molecule has 5 nitrogen and oxygen atoms in total. The number of likely N-dealkylation sites (tertiary alicyclic amines) is 1. The molecule has 4 rings (SSSR count). The average molecular weight is 353 g/mol. The van der Waals surface area contributed by atoms with Gasteiger partial charge in [-0.3, -0.25) is 9.59 Å². The third-order valence-electron chi connectivity index (χ3n) is 5.44. The van der Waals surface area contributed by atoms with Crippen LogP contribution in [0.4, 0.5) is 0 Å². The molecule has 1 aromatic heterocycles. The van der Waals surface area contributed by atoms with Crippen molar-refractivity contribution >= 4 is 11.7 Å². The topological polar surface area (TPSA) is 59.8 Å². The molecule has 1 amide bonds. The van der Waals surface area contributed by atoms with Crippen LogP contribution in [-0.4, -0.2) is 35.3 Å². The van der Waals surface area contributed by atoms with Gasteiger partial charge in [0.05, 0.1) is 12.0 Å². The zero-order valence-electron chi connectivity index (χ0n) is 15.4. The second-order valence-electron chi connectivity index (χ2n) is 7.54. The van der Waals surface area contributed by atoms with Crippen LogP contribution in [0.1, 0.15) is 57.1 Å². The summed E-state index contributed by atoms with van der Waals surface area (Å²) in [4.78, 5) is 27.1. The minimum absolute atomic E-state index is 0.0952. The van der Waals surface area contributed by atoms with Crippen LogP contribution >= 0.6 is 0 Å². The number of furan rings is 1. The standard InChI is InChI=1S/C21H23NO4/c1-13-10-14(2)19-16(23)12-21(26-18(19)11-13)6-8-22(9-7-21)20(24)17-5-4-15(3)25-17/h4-5,10-11H,6-9,12H2,1-3H3. The fourth-order valence-corrected chi connectivity index (χ4v) is 4.12. The first-order valence-corrected chi connectivity index (χ1v) is 9.06. The highest BCUT2D eigenvalue weighted by Crippen LogP contribution is 2.41. The largest absolute Gasteiger partial charge is 0.486 e. The van der Waals surface area contributed by atoms with Crippen LogP contribution in [0.5, 0.6) is 5.75 Å². The average Bonchev–Trinajstić information content (AvgIpc) is 3.00. The number of benzene rings is 1. The Kier molecular flexibility index (Phi) is 3.90. The van der Waals surface area contributed by atoms with Crippen molar-refractivity contribution in [3.05, 3.63) is 52.5 Å². The molecule has 0 unspecified atom stereocenters. The van der Waals surface area contributed by atoms with Crippen molar-refractivity contribution < 1.29 is 18.7 Å². The molecule has 2 aromatic rings. The number of fused-ring (bicyclic) bond motifs is 1. The second-order valence-corrected chi connectivity index (χ2v) is 7.54. The van der Waals surface area contributed by atoms with Gasteiger partial charge in [0.2, 0.25) is 0 Å². The van der Waals surface area contributed by atoms with Crippen LogP contribution in [0.15, 0.2) is 28.7 Å². The van der Waals surface area contributed by atoms with Crippen LogP contribution < -0.4 is 4.74 Å². The maximum absolute atomic E-state index is 12.8. The van der Waals surface area contributed by atoms with Gasteiger partial charge in [-0.25, -0.2) is 0 Å². The number of hydrogen-bond donors (Lipinski definition) is 0. The lowest BCUT2D eigenvalue weighted by molar-refractivity contribution is -0.00654. The lowest BCUT2D eigenvalue weighted by Gasteiger charge is -2.44. The molecule has 0 aliphatic carbocycles. The SMILES string of the molecule is Cc1cc(C)c2c(c1)OC1(CCN(C(=O)c3ccc(C)o3)CC1)CC2=O. The van der Waals surface area contributed by atoms with E-state index in [1.807, 2.05) is 32.9 Å². The number of carbonyl (C=O) groups excluding carboxylic acids is 2. The predicted molar refractivity (Wildman–Crippen MR) is 96.8 cm³/mol. The summed E-state index contributed by atoms with van der Waals surface area (Å²) in [5.41, 5.74) is 2.28. The van der Waals surface area contributed by atoms with Crippen molar-refractivity contribution in [2.24, 2.45) is 0 Å². The summed E-state index contributed by atoms with van der Waals surface area (Å²) in [6.45, 7) is 6.91. The lowest BCUT2D eigenvalue weighted by atomic mass is 9.81. The van der Waals surface area contributed by atoms with E-state index >= 15 is 0 Å². The van der Waals surface area contributed by atoms with Gasteiger partial charge in [0.1, 0.15) is 17.1 Å². The number of ketones is 1. The Bertz CT molecular complexity index is 887. The van der Waals surface area contributed by atoms with Gasteiger partial charge in [-0.05, 0) is 50.1 Å². The summed E-state index contributed by atoms with van der Waals surface area (Å²) in [7, 11) is 0. The number of carbonyl (C=O) groups is 2. The van der Waals surface area contributed by atoms with E-state index in [0.29, 0.717) is 49.4 Å². The van der Waals surface area contributed by atoms with E-state index in [4.69, 9.17) is 9.15 Å². The molecular formula is C21H23NO4. The molecular weight excluding hydrogens is 330 g/mol. The quantitative estimate of drug-likeness (QED) is 0.781. The van der Waals surface area contributed by atoms with Crippen molar-refractivity contribution in [3.8, 4) is 5.75 Å². The van der Waals surface area contributed by atoms with E-state index in [1.54, 1.807) is 17.0 Å². The smallest absolute Gasteiger partial charge is 0.289 e. The number of hydrogen-bond acceptors (Lipinski definition) is 4. The first kappa shape index (κ1) is 16.9. The van der Waals surface area contributed by atoms with Crippen LogP contribution in [0.3, 0.4) is 0 Å². The number of ether oxygens (including phenoxy) is 1. The number of amides is 1. The Morgan fingerprint density at radius 3 is 2.50 bits per heavy atom. The van der Waals surface area contributed by atoms with E-state index in [0.717, 1.165) is 16.9 Å². The monoisotopic (exact) mass is 353 g/mol. The lowest BCUT2D eigenvalue weighted by Crippen LogP contribution is -2.52. The van der Waals surface area contributed by atoms with E-state index < -0.39 is 5.60 Å². The van der Waals surface area contributed by atoms with E-state index in [9.17, 15) is 9.59 Å². The Labute approximate surface area is 152 Å². The number of Topliss-reactive ketones (excluding diaryl/α,β-unsaturated/α-hetero) is 1. The summed E-state index contributed by atoms with van der Waals surface area (Å²) < 4.78 is 11.8. The fourth-order valence-electron chi connectivity index (χ4n) is 4.12. The number of piperidine rings is 1. The maximum atomic E-state index is 12.8. The third-order valence-corrected chi connectivity index (χ3v) is 5.44. The maximum Gasteiger partial charge on any atom is 0.289 e. The van der Waals surface area contributed by atoms with Gasteiger partial charge in [0, 0.05) is 25.9 Å². The Morgan fingerprint density at radius 1 is 1.12 bits per heavy atom. The van der Waals surface area contributed by atoms with Crippen LogP contribution in [0, 0.1) is 20.8 Å². The van der Waals surface area contributed by atoms with Gasteiger partial charge in [0.15, 0.2) is 11.5 Å². The Morgan fingerprint density at radius 2 is 1.85 bits per heavy atom. The van der Waals surface area contributed by atoms with Gasteiger partial charge >= 0.3 is 0 Å². The highest BCUT2D eigenvalue weighted by Gasteiger charge is 2.44. The molecule has 0 saturated carbocycles. The normalized spacial score (nSPS) is 18.6. The molecule has 2 aliphatic heterocycles. The molecule has 1 fully saturated rings. The second kappa shape index (κ2) is 6.01. The summed E-state index contributed by atoms with van der Waals surface area (Å²) in [6.07, 6.45) is 1.68. The molecule has 26 heavy (non-hydrogen) atoms. The third kappa shape index (κ3) is 2.81. The van der Waals surface area contributed by atoms with Crippen molar-refractivity contribution in [2.45, 2.75) is 45.6 Å². The molecule has 0 atom stereocenters. The molecule has 136 valence electrons. The zero-order valence-corrected chi connectivity index (χ0v) is 15.4. The van der Waals surface area contributed by atoms with Crippen LogP contribution in [0.2, 0.25) is 0 Å². The zero-order chi connectivity index (χ0) is 18.5. The minimum Gasteiger partial charge on any atom is -0.486 e. The van der Waals surface area contributed by atoms with Crippen molar-refractivity contribution in [2.75, 3.05) is 13.1 Å². The molecule has 5 heteroatoms. The van der Waals surface area contributed by atoms with Gasteiger partial charge in [-0.1, -0.05) is 6.07 Å². The Balaban J connectivity index is 1.52. The first-order valence-electron chi connectivity index (χ1n) is 9.06. The summed E-state index contributed by atoms with van der Waals surface area (Å²) >= 11 is 0. The van der Waals surface area contributed by atoms with Gasteiger partial charge < -0.3 is 14.1 Å². The first-order chi connectivity index (χ1) is 12.4. The minimum atomic E-state index is -0.500.